The van der Waals surface area contributed by atoms with Crippen molar-refractivity contribution in [2.24, 2.45) is 0 Å². The highest BCUT2D eigenvalue weighted by molar-refractivity contribution is 5.98. The number of aliphatic hydroxyl groups excluding tert-OH is 1. The van der Waals surface area contributed by atoms with Crippen molar-refractivity contribution >= 4 is 11.6 Å². The topological polar surface area (TPSA) is 96.6 Å². The predicted octanol–water partition coefficient (Wildman–Crippen LogP) is 3.40. The summed E-state index contributed by atoms with van der Waals surface area (Å²) in [5, 5.41) is 15.7. The van der Waals surface area contributed by atoms with Gasteiger partial charge in [0, 0.05) is 55.4 Å². The maximum absolute atomic E-state index is 13.5. The van der Waals surface area contributed by atoms with E-state index in [4.69, 9.17) is 9.84 Å². The number of anilines is 1. The van der Waals surface area contributed by atoms with Gasteiger partial charge < -0.3 is 19.6 Å². The number of halogens is 1. The zero-order valence-corrected chi connectivity index (χ0v) is 21.4. The SMILES string of the molecule is O=C1COc2ccccc2N1C1CCN(CC(O)Cn2cc(-c3cnccn3)c(-c3ccc(F)cc3)n2)CC1. The molecule has 4 heterocycles. The van der Waals surface area contributed by atoms with E-state index in [0.717, 1.165) is 48.5 Å². The van der Waals surface area contributed by atoms with E-state index < -0.39 is 6.10 Å². The molecule has 0 aliphatic carbocycles. The number of carbonyl (C=O) groups excluding carboxylic acids is 1. The molecule has 1 N–H and O–H groups in total. The minimum atomic E-state index is -0.650. The van der Waals surface area contributed by atoms with Crippen LogP contribution in [0.1, 0.15) is 12.8 Å². The molecule has 39 heavy (non-hydrogen) atoms. The Kier molecular flexibility index (Phi) is 7.04. The Morgan fingerprint density at radius 2 is 1.85 bits per heavy atom. The number of ether oxygens (including phenoxy) is 1. The molecule has 0 spiro atoms. The maximum Gasteiger partial charge on any atom is 0.265 e. The number of rotatable bonds is 7. The number of piperidine rings is 1. The first-order valence-electron chi connectivity index (χ1n) is 13.1. The van der Waals surface area contributed by atoms with Crippen LogP contribution in [0.2, 0.25) is 0 Å². The second-order valence-electron chi connectivity index (χ2n) is 9.92. The number of carbonyl (C=O) groups is 1. The summed E-state index contributed by atoms with van der Waals surface area (Å²) in [4.78, 5) is 25.4. The molecule has 0 bridgehead atoms. The number of hydrogen-bond donors (Lipinski definition) is 1. The van der Waals surface area contributed by atoms with Crippen LogP contribution in [-0.4, -0.2) is 74.0 Å². The first kappa shape index (κ1) is 25.1. The van der Waals surface area contributed by atoms with E-state index in [1.54, 1.807) is 35.4 Å². The zero-order valence-electron chi connectivity index (χ0n) is 21.4. The number of para-hydroxylation sites is 2. The number of β-amino-alcohol motifs (C(OH)–C–C–N with tert-alkyl or cyclic N) is 1. The lowest BCUT2D eigenvalue weighted by Gasteiger charge is -2.41. The number of likely N-dealkylation sites (tertiary alicyclic amines) is 1. The monoisotopic (exact) mass is 528 g/mol. The van der Waals surface area contributed by atoms with Crippen LogP contribution in [-0.2, 0) is 11.3 Å². The second-order valence-corrected chi connectivity index (χ2v) is 9.92. The molecule has 6 rings (SSSR count). The molecule has 10 heteroatoms. The Morgan fingerprint density at radius 3 is 2.62 bits per heavy atom. The van der Waals surface area contributed by atoms with Gasteiger partial charge in [-0.05, 0) is 49.2 Å². The minimum Gasteiger partial charge on any atom is -0.482 e. The first-order valence-corrected chi connectivity index (χ1v) is 13.1. The normalized spacial score (nSPS) is 17.1. The van der Waals surface area contributed by atoms with E-state index in [1.807, 2.05) is 35.4 Å². The molecule has 200 valence electrons. The maximum atomic E-state index is 13.5. The van der Waals surface area contributed by atoms with Crippen molar-refractivity contribution in [2.75, 3.05) is 31.1 Å². The van der Waals surface area contributed by atoms with Gasteiger partial charge >= 0.3 is 0 Å². The third-order valence-electron chi connectivity index (χ3n) is 7.25. The summed E-state index contributed by atoms with van der Waals surface area (Å²) in [6.45, 7) is 2.41. The average Bonchev–Trinajstić information content (AvgIpc) is 3.38. The van der Waals surface area contributed by atoms with Gasteiger partial charge in [0.15, 0.2) is 6.61 Å². The highest BCUT2D eigenvalue weighted by Crippen LogP contribution is 2.35. The third-order valence-corrected chi connectivity index (χ3v) is 7.25. The number of benzene rings is 2. The molecule has 1 fully saturated rings. The molecule has 2 aliphatic rings. The Morgan fingerprint density at radius 1 is 1.05 bits per heavy atom. The van der Waals surface area contributed by atoms with Crippen LogP contribution in [0.15, 0.2) is 73.3 Å². The first-order chi connectivity index (χ1) is 19.0. The number of aromatic nitrogens is 4. The average molecular weight is 529 g/mol. The molecular weight excluding hydrogens is 499 g/mol. The minimum absolute atomic E-state index is 0.0123. The molecule has 2 aromatic carbocycles. The van der Waals surface area contributed by atoms with Crippen LogP contribution in [0, 0.1) is 5.82 Å². The van der Waals surface area contributed by atoms with E-state index in [0.29, 0.717) is 24.5 Å². The van der Waals surface area contributed by atoms with Gasteiger partial charge in [-0.3, -0.25) is 19.4 Å². The number of nitrogens with zero attached hydrogens (tertiary/aromatic N) is 6. The van der Waals surface area contributed by atoms with Crippen LogP contribution in [0.25, 0.3) is 22.5 Å². The van der Waals surface area contributed by atoms with Crippen molar-refractivity contribution in [3.05, 3.63) is 79.1 Å². The molecular formula is C29H29FN6O3. The molecule has 0 radical (unpaired) electrons. The lowest BCUT2D eigenvalue weighted by molar-refractivity contribution is -0.122. The van der Waals surface area contributed by atoms with Crippen molar-refractivity contribution in [1.82, 2.24) is 24.6 Å². The van der Waals surface area contributed by atoms with Gasteiger partial charge in [-0.2, -0.15) is 5.10 Å². The van der Waals surface area contributed by atoms with E-state index in [-0.39, 0.29) is 24.4 Å². The highest BCUT2D eigenvalue weighted by atomic mass is 19.1. The lowest BCUT2D eigenvalue weighted by atomic mass is 10.0. The van der Waals surface area contributed by atoms with Gasteiger partial charge in [0.25, 0.3) is 5.91 Å². The van der Waals surface area contributed by atoms with Crippen molar-refractivity contribution in [3.8, 4) is 28.3 Å². The predicted molar refractivity (Wildman–Crippen MR) is 144 cm³/mol. The van der Waals surface area contributed by atoms with Crippen molar-refractivity contribution < 1.29 is 19.0 Å². The van der Waals surface area contributed by atoms with Gasteiger partial charge in [0.05, 0.1) is 30.2 Å². The molecule has 1 amide bonds. The second kappa shape index (κ2) is 10.9. The molecule has 1 unspecified atom stereocenters. The van der Waals surface area contributed by atoms with E-state index in [2.05, 4.69) is 14.9 Å². The van der Waals surface area contributed by atoms with E-state index in [1.165, 1.54) is 12.1 Å². The lowest BCUT2D eigenvalue weighted by Crippen LogP contribution is -2.51. The van der Waals surface area contributed by atoms with Crippen molar-refractivity contribution in [2.45, 2.75) is 31.5 Å². The summed E-state index contributed by atoms with van der Waals surface area (Å²) in [5.74, 6) is 0.414. The van der Waals surface area contributed by atoms with Gasteiger partial charge in [0.1, 0.15) is 17.3 Å². The summed E-state index contributed by atoms with van der Waals surface area (Å²) >= 11 is 0. The fraction of sp³-hybridized carbons (Fsp3) is 0.310. The van der Waals surface area contributed by atoms with Crippen LogP contribution in [0.4, 0.5) is 10.1 Å². The molecule has 0 saturated carbocycles. The molecule has 2 aliphatic heterocycles. The Hall–Kier alpha value is -4.15. The third kappa shape index (κ3) is 5.39. The number of aliphatic hydroxyl groups is 1. The fourth-order valence-corrected chi connectivity index (χ4v) is 5.42. The molecule has 2 aromatic heterocycles. The fourth-order valence-electron chi connectivity index (χ4n) is 5.42. The van der Waals surface area contributed by atoms with E-state index in [9.17, 15) is 14.3 Å². The van der Waals surface area contributed by atoms with Crippen LogP contribution >= 0.6 is 0 Å². The summed E-state index contributed by atoms with van der Waals surface area (Å²) in [6.07, 6.45) is 7.71. The van der Waals surface area contributed by atoms with Crippen LogP contribution < -0.4 is 9.64 Å². The van der Waals surface area contributed by atoms with Gasteiger partial charge in [-0.15, -0.1) is 0 Å². The Labute approximate surface area is 225 Å². The summed E-state index contributed by atoms with van der Waals surface area (Å²) < 4.78 is 20.8. The van der Waals surface area contributed by atoms with Gasteiger partial charge in [0.2, 0.25) is 0 Å². The summed E-state index contributed by atoms with van der Waals surface area (Å²) in [5.41, 5.74) is 3.66. The smallest absolute Gasteiger partial charge is 0.265 e. The zero-order chi connectivity index (χ0) is 26.8. The van der Waals surface area contributed by atoms with Crippen LogP contribution in [0.3, 0.4) is 0 Å². The largest absolute Gasteiger partial charge is 0.482 e. The molecule has 4 aromatic rings. The molecule has 9 nitrogen and oxygen atoms in total. The Bertz CT molecular complexity index is 1440. The quantitative estimate of drug-likeness (QED) is 0.393. The summed E-state index contributed by atoms with van der Waals surface area (Å²) in [7, 11) is 0. The van der Waals surface area contributed by atoms with Gasteiger partial charge in [-0.25, -0.2) is 4.39 Å². The standard InChI is InChI=1S/C29H29FN6O3/c30-21-7-5-20(6-8-21)29-24(25-15-31-11-12-32-25)18-35(33-29)17-23(37)16-34-13-9-22(10-14-34)36-26-3-1-2-4-27(26)39-19-28(36)38/h1-8,11-12,15,18,22-23,37H,9-10,13-14,16-17,19H2. The van der Waals surface area contributed by atoms with E-state index >= 15 is 0 Å². The number of fused-ring (bicyclic) bond motifs is 1. The number of hydrogen-bond acceptors (Lipinski definition) is 7. The summed E-state index contributed by atoms with van der Waals surface area (Å²) in [6, 6.07) is 13.9. The van der Waals surface area contributed by atoms with Crippen molar-refractivity contribution in [3.63, 3.8) is 0 Å². The number of amides is 1. The van der Waals surface area contributed by atoms with Crippen molar-refractivity contribution in [1.29, 1.82) is 0 Å². The van der Waals surface area contributed by atoms with Gasteiger partial charge in [-0.1, -0.05) is 12.1 Å². The molecule has 1 saturated heterocycles. The van der Waals surface area contributed by atoms with Crippen LogP contribution in [0.5, 0.6) is 5.75 Å². The highest BCUT2D eigenvalue weighted by Gasteiger charge is 2.34. The molecule has 1 atom stereocenters. The Balaban J connectivity index is 1.11.